The van der Waals surface area contributed by atoms with E-state index in [0.717, 1.165) is 15.6 Å². The second-order valence-electron chi connectivity index (χ2n) is 5.83. The molecule has 0 unspecified atom stereocenters. The van der Waals surface area contributed by atoms with Crippen LogP contribution in [0.2, 0.25) is 0 Å². The second-order valence-corrected chi connectivity index (χ2v) is 7.91. The zero-order valence-corrected chi connectivity index (χ0v) is 13.9. The van der Waals surface area contributed by atoms with Gasteiger partial charge in [0.2, 0.25) is 0 Å². The summed E-state index contributed by atoms with van der Waals surface area (Å²) in [5, 5.41) is 2.08. The van der Waals surface area contributed by atoms with E-state index in [-0.39, 0.29) is 11.2 Å². The molecular formula is C16H19NOS2. The van der Waals surface area contributed by atoms with Crippen molar-refractivity contribution >= 4 is 28.9 Å². The highest BCUT2D eigenvalue weighted by Crippen LogP contribution is 2.29. The van der Waals surface area contributed by atoms with Crippen LogP contribution in [0.25, 0.3) is 0 Å². The van der Waals surface area contributed by atoms with Gasteiger partial charge in [-0.1, -0.05) is 62.4 Å². The molecule has 0 fully saturated rings. The summed E-state index contributed by atoms with van der Waals surface area (Å²) in [6.45, 7) is 8.46. The Morgan fingerprint density at radius 3 is 2.45 bits per heavy atom. The maximum Gasteiger partial charge on any atom is 0.173 e. The fraction of sp³-hybridized carbons (Fsp3) is 0.375. The summed E-state index contributed by atoms with van der Waals surface area (Å²) in [4.78, 5) is 16.7. The number of thioether (sulfide) groups is 1. The standard InChI is InChI=1S/C16H19NOS2/c1-11-5-7-12(8-6-11)13(18)9-19-15-17-14(10-20-15)16(2,3)4/h5-8,10H,9H2,1-4H3. The van der Waals surface area contributed by atoms with E-state index in [1.807, 2.05) is 31.2 Å². The number of thiazole rings is 1. The van der Waals surface area contributed by atoms with Gasteiger partial charge in [0.15, 0.2) is 10.1 Å². The van der Waals surface area contributed by atoms with Crippen molar-refractivity contribution in [2.75, 3.05) is 5.75 Å². The van der Waals surface area contributed by atoms with E-state index in [1.165, 1.54) is 17.3 Å². The highest BCUT2D eigenvalue weighted by atomic mass is 32.2. The van der Waals surface area contributed by atoms with Crippen molar-refractivity contribution in [1.29, 1.82) is 0 Å². The lowest BCUT2D eigenvalue weighted by Gasteiger charge is -2.14. The Labute approximate surface area is 128 Å². The molecule has 20 heavy (non-hydrogen) atoms. The van der Waals surface area contributed by atoms with Gasteiger partial charge >= 0.3 is 0 Å². The van der Waals surface area contributed by atoms with E-state index in [9.17, 15) is 4.79 Å². The van der Waals surface area contributed by atoms with Crippen LogP contribution in [0.3, 0.4) is 0 Å². The van der Waals surface area contributed by atoms with E-state index in [2.05, 4.69) is 31.1 Å². The van der Waals surface area contributed by atoms with Crippen LogP contribution in [0, 0.1) is 6.92 Å². The van der Waals surface area contributed by atoms with E-state index in [1.54, 1.807) is 11.3 Å². The first-order valence-electron chi connectivity index (χ1n) is 6.55. The Morgan fingerprint density at radius 1 is 1.25 bits per heavy atom. The van der Waals surface area contributed by atoms with Gasteiger partial charge in [-0.2, -0.15) is 0 Å². The van der Waals surface area contributed by atoms with Gasteiger partial charge in [0, 0.05) is 16.4 Å². The molecule has 0 N–H and O–H groups in total. The number of hydrogen-bond acceptors (Lipinski definition) is 4. The lowest BCUT2D eigenvalue weighted by Crippen LogP contribution is -2.11. The highest BCUT2D eigenvalue weighted by Gasteiger charge is 2.18. The number of nitrogens with zero attached hydrogens (tertiary/aromatic N) is 1. The molecule has 0 atom stereocenters. The molecule has 1 aromatic heterocycles. The number of carbonyl (C=O) groups is 1. The molecule has 0 aliphatic carbocycles. The van der Waals surface area contributed by atoms with E-state index < -0.39 is 0 Å². The summed E-state index contributed by atoms with van der Waals surface area (Å²) in [6.07, 6.45) is 0. The van der Waals surface area contributed by atoms with Crippen molar-refractivity contribution in [2.45, 2.75) is 37.4 Å². The van der Waals surface area contributed by atoms with Crippen molar-refractivity contribution in [2.24, 2.45) is 0 Å². The maximum absolute atomic E-state index is 12.1. The second kappa shape index (κ2) is 6.10. The lowest BCUT2D eigenvalue weighted by atomic mass is 9.93. The Balaban J connectivity index is 1.97. The first kappa shape index (κ1) is 15.3. The largest absolute Gasteiger partial charge is 0.293 e. The van der Waals surface area contributed by atoms with Crippen LogP contribution in [0.1, 0.15) is 42.4 Å². The number of aryl methyl sites for hydroxylation is 1. The number of ketones is 1. The van der Waals surface area contributed by atoms with Crippen molar-refractivity contribution in [1.82, 2.24) is 4.98 Å². The van der Waals surface area contributed by atoms with Crippen LogP contribution in [0.4, 0.5) is 0 Å². The summed E-state index contributed by atoms with van der Waals surface area (Å²) < 4.78 is 0.968. The zero-order valence-electron chi connectivity index (χ0n) is 12.3. The van der Waals surface area contributed by atoms with E-state index >= 15 is 0 Å². The predicted octanol–water partition coefficient (Wildman–Crippen LogP) is 4.72. The molecule has 0 saturated carbocycles. The van der Waals surface area contributed by atoms with Crippen molar-refractivity contribution in [3.8, 4) is 0 Å². The summed E-state index contributed by atoms with van der Waals surface area (Å²) >= 11 is 3.14. The minimum Gasteiger partial charge on any atom is -0.293 e. The smallest absolute Gasteiger partial charge is 0.173 e. The van der Waals surface area contributed by atoms with E-state index in [0.29, 0.717) is 5.75 Å². The molecule has 0 radical (unpaired) electrons. The Kier molecular flexibility index (Phi) is 4.66. The van der Waals surface area contributed by atoms with Gasteiger partial charge in [-0.3, -0.25) is 4.79 Å². The van der Waals surface area contributed by atoms with Gasteiger partial charge in [0.25, 0.3) is 0 Å². The quantitative estimate of drug-likeness (QED) is 0.604. The first-order chi connectivity index (χ1) is 9.36. The molecule has 0 spiro atoms. The number of carbonyl (C=O) groups excluding carboxylic acids is 1. The van der Waals surface area contributed by atoms with Crippen LogP contribution >= 0.6 is 23.1 Å². The summed E-state index contributed by atoms with van der Waals surface area (Å²) in [7, 11) is 0. The highest BCUT2D eigenvalue weighted by molar-refractivity contribution is 8.01. The van der Waals surface area contributed by atoms with Gasteiger partial charge in [0.1, 0.15) is 0 Å². The van der Waals surface area contributed by atoms with Crippen LogP contribution in [0.5, 0.6) is 0 Å². The molecule has 1 heterocycles. The minimum absolute atomic E-state index is 0.0657. The Hall–Kier alpha value is -1.13. The number of benzene rings is 1. The van der Waals surface area contributed by atoms with Crippen LogP contribution in [-0.2, 0) is 5.41 Å². The SMILES string of the molecule is Cc1ccc(C(=O)CSc2nc(C(C)(C)C)cs2)cc1. The Bertz CT molecular complexity index is 594. The molecule has 0 bridgehead atoms. The summed E-state index contributed by atoms with van der Waals surface area (Å²) in [5.41, 5.74) is 3.10. The zero-order chi connectivity index (χ0) is 14.8. The fourth-order valence-corrected chi connectivity index (χ4v) is 3.57. The number of hydrogen-bond donors (Lipinski definition) is 0. The molecule has 2 aromatic rings. The van der Waals surface area contributed by atoms with E-state index in [4.69, 9.17) is 0 Å². The molecule has 4 heteroatoms. The minimum atomic E-state index is 0.0657. The van der Waals surface area contributed by atoms with Gasteiger partial charge in [0.05, 0.1) is 11.4 Å². The molecule has 0 amide bonds. The average molecular weight is 305 g/mol. The topological polar surface area (TPSA) is 30.0 Å². The van der Waals surface area contributed by atoms with Crippen molar-refractivity contribution < 1.29 is 4.79 Å². The summed E-state index contributed by atoms with van der Waals surface area (Å²) in [5.74, 6) is 0.600. The van der Waals surface area contributed by atoms with Gasteiger partial charge in [-0.25, -0.2) is 4.98 Å². The first-order valence-corrected chi connectivity index (χ1v) is 8.41. The molecule has 2 nitrogen and oxygen atoms in total. The average Bonchev–Trinajstić information content (AvgIpc) is 2.85. The third-order valence-corrected chi connectivity index (χ3v) is 4.97. The third-order valence-electron chi connectivity index (χ3n) is 2.95. The molecule has 0 saturated heterocycles. The molecule has 1 aromatic carbocycles. The molecule has 106 valence electrons. The van der Waals surface area contributed by atoms with Crippen molar-refractivity contribution in [3.63, 3.8) is 0 Å². The molecule has 2 rings (SSSR count). The predicted molar refractivity (Wildman–Crippen MR) is 87.0 cm³/mol. The van der Waals surface area contributed by atoms with Gasteiger partial charge in [-0.15, -0.1) is 11.3 Å². The molecular weight excluding hydrogens is 286 g/mol. The third kappa shape index (κ3) is 3.93. The van der Waals surface area contributed by atoms with Crippen LogP contribution < -0.4 is 0 Å². The normalized spacial score (nSPS) is 11.6. The summed E-state index contributed by atoms with van der Waals surface area (Å²) in [6, 6.07) is 7.72. The van der Waals surface area contributed by atoms with Crippen molar-refractivity contribution in [3.05, 3.63) is 46.5 Å². The van der Waals surface area contributed by atoms with Gasteiger partial charge < -0.3 is 0 Å². The number of Topliss-reactive ketones (excluding diaryl/α,β-unsaturated/α-hetero) is 1. The fourth-order valence-electron chi connectivity index (χ4n) is 1.62. The Morgan fingerprint density at radius 2 is 1.90 bits per heavy atom. The lowest BCUT2D eigenvalue weighted by molar-refractivity contribution is 0.102. The monoisotopic (exact) mass is 305 g/mol. The molecule has 0 aliphatic heterocycles. The van der Waals surface area contributed by atoms with Gasteiger partial charge in [-0.05, 0) is 6.92 Å². The molecule has 0 aliphatic rings. The number of aromatic nitrogens is 1. The number of rotatable bonds is 4. The van der Waals surface area contributed by atoms with Crippen LogP contribution in [-0.4, -0.2) is 16.5 Å². The maximum atomic E-state index is 12.1. The van der Waals surface area contributed by atoms with Crippen LogP contribution in [0.15, 0.2) is 34.0 Å².